The molecule has 0 bridgehead atoms. The number of rotatable bonds is 5. The van der Waals surface area contributed by atoms with Gasteiger partial charge in [-0.2, -0.15) is 0 Å². The number of hydrogen-bond donors (Lipinski definition) is 4. The zero-order chi connectivity index (χ0) is 23.5. The van der Waals surface area contributed by atoms with Crippen molar-refractivity contribution in [3.05, 3.63) is 102 Å². The fraction of sp³-hybridized carbons (Fsp3) is 0.111. The van der Waals surface area contributed by atoms with E-state index in [1.54, 1.807) is 6.92 Å². The molecular formula is C27H24N4O2S. The van der Waals surface area contributed by atoms with Crippen LogP contribution in [0, 0.1) is 0 Å². The molecule has 0 unspecified atom stereocenters. The largest absolute Gasteiger partial charge is 0.450 e. The van der Waals surface area contributed by atoms with E-state index in [0.717, 1.165) is 22.3 Å². The number of amides is 1. The van der Waals surface area contributed by atoms with Gasteiger partial charge in [0.1, 0.15) is 0 Å². The lowest BCUT2D eigenvalue weighted by molar-refractivity contribution is 0.158. The number of benzene rings is 3. The lowest BCUT2D eigenvalue weighted by atomic mass is 9.84. The zero-order valence-corrected chi connectivity index (χ0v) is 19.4. The molecule has 0 aliphatic heterocycles. The van der Waals surface area contributed by atoms with E-state index < -0.39 is 6.09 Å². The summed E-state index contributed by atoms with van der Waals surface area (Å²) in [5, 5.41) is 8.12. The van der Waals surface area contributed by atoms with Crippen LogP contribution in [0.25, 0.3) is 21.8 Å². The lowest BCUT2D eigenvalue weighted by Crippen LogP contribution is -2.34. The Kier molecular flexibility index (Phi) is 6.01. The number of alkyl carbamates (subject to hydrolysis) is 1. The van der Waals surface area contributed by atoms with Crippen molar-refractivity contribution >= 4 is 50.9 Å². The van der Waals surface area contributed by atoms with Gasteiger partial charge in [0.25, 0.3) is 0 Å². The molecule has 0 aliphatic carbocycles. The fourth-order valence-electron chi connectivity index (χ4n) is 4.37. The molecule has 34 heavy (non-hydrogen) atoms. The van der Waals surface area contributed by atoms with E-state index in [-0.39, 0.29) is 17.6 Å². The van der Waals surface area contributed by atoms with E-state index in [2.05, 4.69) is 81.5 Å². The highest BCUT2D eigenvalue weighted by Crippen LogP contribution is 2.39. The van der Waals surface area contributed by atoms with Crippen LogP contribution >= 0.6 is 12.2 Å². The maximum Gasteiger partial charge on any atom is 0.413 e. The van der Waals surface area contributed by atoms with Crippen molar-refractivity contribution in [3.8, 4) is 0 Å². The molecule has 7 heteroatoms. The standard InChI is InChI=1S/C27H24N4O2S/c1-2-33-27(32)31-26(34)30-18-13-11-17(12-14-18)25(21-15-28-23-9-5-3-7-19(21)23)22-16-29-24-10-6-4-8-20(22)24/h3-16,25,28-29H,2H2,1H3,(H2,30,31,32,34). The first-order valence-corrected chi connectivity index (χ1v) is 11.5. The molecule has 2 aromatic heterocycles. The topological polar surface area (TPSA) is 81.9 Å². The van der Waals surface area contributed by atoms with E-state index in [0.29, 0.717) is 0 Å². The monoisotopic (exact) mass is 468 g/mol. The number of aromatic nitrogens is 2. The molecular weight excluding hydrogens is 444 g/mol. The molecule has 5 aromatic rings. The second kappa shape index (κ2) is 9.41. The summed E-state index contributed by atoms with van der Waals surface area (Å²) in [6.45, 7) is 2.03. The minimum Gasteiger partial charge on any atom is -0.450 e. The number of hydrogen-bond acceptors (Lipinski definition) is 3. The van der Waals surface area contributed by atoms with Gasteiger partial charge >= 0.3 is 6.09 Å². The number of fused-ring (bicyclic) bond motifs is 2. The maximum absolute atomic E-state index is 11.6. The van der Waals surface area contributed by atoms with Crippen LogP contribution in [0.4, 0.5) is 10.5 Å². The highest BCUT2D eigenvalue weighted by atomic mass is 32.1. The van der Waals surface area contributed by atoms with Crippen LogP contribution in [0.3, 0.4) is 0 Å². The zero-order valence-electron chi connectivity index (χ0n) is 18.6. The van der Waals surface area contributed by atoms with Crippen molar-refractivity contribution in [2.24, 2.45) is 0 Å². The number of carbonyl (C=O) groups excluding carboxylic acids is 1. The van der Waals surface area contributed by atoms with Crippen LogP contribution in [0.5, 0.6) is 0 Å². The SMILES string of the molecule is CCOC(=O)NC(=S)Nc1ccc(C(c2c[nH]c3ccccc23)c2c[nH]c3ccccc23)cc1. The highest BCUT2D eigenvalue weighted by Gasteiger charge is 2.23. The normalized spacial score (nSPS) is 11.1. The third-order valence-electron chi connectivity index (χ3n) is 5.86. The Morgan fingerprint density at radius 3 is 2.00 bits per heavy atom. The second-order valence-corrected chi connectivity index (χ2v) is 8.34. The van der Waals surface area contributed by atoms with Gasteiger partial charge in [-0.3, -0.25) is 5.32 Å². The molecule has 170 valence electrons. The van der Waals surface area contributed by atoms with Gasteiger partial charge in [-0.05, 0) is 60.1 Å². The van der Waals surface area contributed by atoms with Gasteiger partial charge in [0.15, 0.2) is 5.11 Å². The number of thiocarbonyl (C=S) groups is 1. The summed E-state index contributed by atoms with van der Waals surface area (Å²) in [6.07, 6.45) is 3.62. The Hall–Kier alpha value is -4.10. The number of ether oxygens (including phenoxy) is 1. The molecule has 0 atom stereocenters. The van der Waals surface area contributed by atoms with Crippen LogP contribution < -0.4 is 10.6 Å². The van der Waals surface area contributed by atoms with E-state index in [4.69, 9.17) is 17.0 Å². The summed E-state index contributed by atoms with van der Waals surface area (Å²) in [5.74, 6) is 0.0194. The number of anilines is 1. The molecule has 0 radical (unpaired) electrons. The molecule has 5 rings (SSSR count). The Morgan fingerprint density at radius 1 is 0.882 bits per heavy atom. The van der Waals surface area contributed by atoms with Gasteiger partial charge in [0.05, 0.1) is 6.61 Å². The van der Waals surface area contributed by atoms with E-state index in [1.165, 1.54) is 21.9 Å². The summed E-state index contributed by atoms with van der Waals surface area (Å²) in [4.78, 5) is 18.4. The quantitative estimate of drug-likeness (QED) is 0.229. The fourth-order valence-corrected chi connectivity index (χ4v) is 4.57. The molecule has 3 aromatic carbocycles. The molecule has 1 amide bonds. The molecule has 0 saturated heterocycles. The summed E-state index contributed by atoms with van der Waals surface area (Å²) in [6, 6.07) is 24.8. The van der Waals surface area contributed by atoms with Gasteiger partial charge in [0, 0.05) is 45.8 Å². The van der Waals surface area contributed by atoms with Crippen LogP contribution in [0.2, 0.25) is 0 Å². The van der Waals surface area contributed by atoms with Gasteiger partial charge in [-0.15, -0.1) is 0 Å². The average molecular weight is 469 g/mol. The Labute approximate surface area is 202 Å². The predicted octanol–water partition coefficient (Wildman–Crippen LogP) is 6.27. The Morgan fingerprint density at radius 2 is 1.44 bits per heavy atom. The van der Waals surface area contributed by atoms with Gasteiger partial charge in [-0.25, -0.2) is 4.79 Å². The van der Waals surface area contributed by atoms with Crippen LogP contribution in [-0.2, 0) is 4.74 Å². The third-order valence-corrected chi connectivity index (χ3v) is 6.06. The number of para-hydroxylation sites is 2. The summed E-state index contributed by atoms with van der Waals surface area (Å²) >= 11 is 5.22. The minimum atomic E-state index is -0.574. The second-order valence-electron chi connectivity index (χ2n) is 7.93. The molecule has 0 fully saturated rings. The first-order valence-electron chi connectivity index (χ1n) is 11.1. The Bertz CT molecular complexity index is 1400. The van der Waals surface area contributed by atoms with E-state index >= 15 is 0 Å². The first kappa shape index (κ1) is 21.7. The van der Waals surface area contributed by atoms with Gasteiger partial charge in [0.2, 0.25) is 0 Å². The summed E-state index contributed by atoms with van der Waals surface area (Å²) < 4.78 is 4.87. The predicted molar refractivity (Wildman–Crippen MR) is 140 cm³/mol. The molecule has 2 heterocycles. The smallest absolute Gasteiger partial charge is 0.413 e. The minimum absolute atomic E-state index is 0.0194. The number of carbonyl (C=O) groups is 1. The summed E-state index contributed by atoms with van der Waals surface area (Å²) in [7, 11) is 0. The van der Waals surface area contributed by atoms with Crippen molar-refractivity contribution < 1.29 is 9.53 Å². The van der Waals surface area contributed by atoms with Crippen molar-refractivity contribution in [3.63, 3.8) is 0 Å². The van der Waals surface area contributed by atoms with Crippen LogP contribution in [0.1, 0.15) is 29.5 Å². The van der Waals surface area contributed by atoms with Gasteiger partial charge in [-0.1, -0.05) is 48.5 Å². The van der Waals surface area contributed by atoms with Crippen LogP contribution in [0.15, 0.2) is 85.2 Å². The van der Waals surface area contributed by atoms with E-state index in [1.807, 2.05) is 24.3 Å². The van der Waals surface area contributed by atoms with E-state index in [9.17, 15) is 4.79 Å². The first-order chi connectivity index (χ1) is 16.6. The van der Waals surface area contributed by atoms with Crippen molar-refractivity contribution in [2.45, 2.75) is 12.8 Å². The number of H-pyrrole nitrogens is 2. The van der Waals surface area contributed by atoms with Crippen molar-refractivity contribution in [1.29, 1.82) is 0 Å². The molecule has 6 nitrogen and oxygen atoms in total. The summed E-state index contributed by atoms with van der Waals surface area (Å²) in [5.41, 5.74) is 6.56. The third kappa shape index (κ3) is 4.25. The van der Waals surface area contributed by atoms with Gasteiger partial charge < -0.3 is 20.0 Å². The molecule has 0 aliphatic rings. The maximum atomic E-state index is 11.6. The molecule has 4 N–H and O–H groups in total. The average Bonchev–Trinajstić information content (AvgIpc) is 3.46. The Balaban J connectivity index is 1.51. The van der Waals surface area contributed by atoms with Crippen LogP contribution in [-0.4, -0.2) is 27.8 Å². The number of aromatic amines is 2. The molecule has 0 spiro atoms. The highest BCUT2D eigenvalue weighted by molar-refractivity contribution is 7.80. The van der Waals surface area contributed by atoms with Crippen molar-refractivity contribution in [1.82, 2.24) is 15.3 Å². The molecule has 0 saturated carbocycles. The lowest BCUT2D eigenvalue weighted by Gasteiger charge is -2.18. The number of nitrogens with one attached hydrogen (secondary N) is 4. The van der Waals surface area contributed by atoms with Crippen molar-refractivity contribution in [2.75, 3.05) is 11.9 Å².